The van der Waals surface area contributed by atoms with E-state index in [0.717, 1.165) is 18.8 Å². The molecule has 3 unspecified atom stereocenters. The van der Waals surface area contributed by atoms with Crippen molar-refractivity contribution in [1.82, 2.24) is 5.43 Å². The van der Waals surface area contributed by atoms with Crippen LogP contribution in [-0.4, -0.2) is 18.8 Å². The van der Waals surface area contributed by atoms with Crippen molar-refractivity contribution in [3.05, 3.63) is 11.6 Å². The summed E-state index contributed by atoms with van der Waals surface area (Å²) in [5.41, 5.74) is 4.44. The van der Waals surface area contributed by atoms with Crippen LogP contribution in [0.4, 0.5) is 0 Å². The average molecular weight is 252 g/mol. The van der Waals surface area contributed by atoms with Gasteiger partial charge in [0.1, 0.15) is 0 Å². The van der Waals surface area contributed by atoms with Crippen LogP contribution in [0.5, 0.6) is 0 Å². The highest BCUT2D eigenvalue weighted by atomic mass is 16.5. The quantitative estimate of drug-likeness (QED) is 0.459. The van der Waals surface area contributed by atoms with E-state index >= 15 is 0 Å². The third-order valence-corrected chi connectivity index (χ3v) is 4.79. The maximum atomic E-state index is 5.97. The van der Waals surface area contributed by atoms with Gasteiger partial charge in [0, 0.05) is 7.11 Å². The molecule has 0 aliphatic heterocycles. The van der Waals surface area contributed by atoms with Crippen molar-refractivity contribution >= 4 is 0 Å². The lowest BCUT2D eigenvalue weighted by Crippen LogP contribution is -2.57. The summed E-state index contributed by atoms with van der Waals surface area (Å²) in [6.45, 7) is 2.33. The molecule has 3 heteroatoms. The number of rotatable bonds is 4. The minimum absolute atomic E-state index is 0.0877. The maximum Gasteiger partial charge on any atom is 0.0884 e. The van der Waals surface area contributed by atoms with E-state index in [0.29, 0.717) is 0 Å². The van der Waals surface area contributed by atoms with Crippen LogP contribution < -0.4 is 11.3 Å². The molecule has 18 heavy (non-hydrogen) atoms. The highest BCUT2D eigenvalue weighted by molar-refractivity contribution is 5.20. The predicted octanol–water partition coefficient (Wildman–Crippen LogP) is 2.91. The van der Waals surface area contributed by atoms with Crippen LogP contribution in [0.3, 0.4) is 0 Å². The lowest BCUT2D eigenvalue weighted by atomic mass is 9.71. The second-order valence-corrected chi connectivity index (χ2v) is 6.09. The van der Waals surface area contributed by atoms with E-state index in [4.69, 9.17) is 10.6 Å². The topological polar surface area (TPSA) is 47.3 Å². The van der Waals surface area contributed by atoms with E-state index in [1.807, 2.05) is 7.11 Å². The molecule has 3 nitrogen and oxygen atoms in total. The van der Waals surface area contributed by atoms with Gasteiger partial charge in [-0.25, -0.2) is 0 Å². The number of nitrogens with two attached hydrogens (primary N) is 1. The van der Waals surface area contributed by atoms with Crippen LogP contribution in [0.15, 0.2) is 11.6 Å². The van der Waals surface area contributed by atoms with Gasteiger partial charge in [-0.2, -0.15) is 0 Å². The van der Waals surface area contributed by atoms with Gasteiger partial charge in [-0.1, -0.05) is 31.4 Å². The second-order valence-electron chi connectivity index (χ2n) is 6.09. The molecule has 0 heterocycles. The van der Waals surface area contributed by atoms with Crippen LogP contribution in [0.2, 0.25) is 0 Å². The standard InChI is InChI=1S/C15H28N2O/c1-12-7-6-10-15(11-12,18-2)14(17-16)13-8-4-3-5-9-13/h8,12,14,17H,3-7,9-11,16H2,1-2H3. The molecule has 0 aromatic carbocycles. The van der Waals surface area contributed by atoms with Crippen LogP contribution in [0.1, 0.15) is 58.3 Å². The van der Waals surface area contributed by atoms with Crippen molar-refractivity contribution in [1.29, 1.82) is 0 Å². The molecule has 2 aliphatic rings. The Labute approximate surface area is 111 Å². The summed E-state index contributed by atoms with van der Waals surface area (Å²) in [6, 6.07) is 0.200. The number of hydrogen-bond donors (Lipinski definition) is 2. The Morgan fingerprint density at radius 3 is 2.83 bits per heavy atom. The molecule has 0 aromatic heterocycles. The maximum absolute atomic E-state index is 5.97. The molecule has 3 atom stereocenters. The Bertz CT molecular complexity index is 303. The molecular weight excluding hydrogens is 224 g/mol. The number of ether oxygens (including phenoxy) is 1. The third-order valence-electron chi connectivity index (χ3n) is 4.79. The molecule has 3 N–H and O–H groups in total. The minimum Gasteiger partial charge on any atom is -0.376 e. The lowest BCUT2D eigenvalue weighted by molar-refractivity contribution is -0.0716. The zero-order valence-electron chi connectivity index (χ0n) is 11.9. The second kappa shape index (κ2) is 6.18. The van der Waals surface area contributed by atoms with Gasteiger partial charge < -0.3 is 4.74 Å². The fourth-order valence-electron chi connectivity index (χ4n) is 3.83. The molecular formula is C15H28N2O. The van der Waals surface area contributed by atoms with Gasteiger partial charge in [0.05, 0.1) is 11.6 Å². The molecule has 1 saturated carbocycles. The number of nitrogens with one attached hydrogen (secondary N) is 1. The van der Waals surface area contributed by atoms with Gasteiger partial charge in [-0.3, -0.25) is 11.3 Å². The summed E-state index contributed by atoms with van der Waals surface area (Å²) in [5.74, 6) is 6.60. The molecule has 0 radical (unpaired) electrons. The normalized spacial score (nSPS) is 35.1. The Kier molecular flexibility index (Phi) is 4.82. The van der Waals surface area contributed by atoms with Crippen LogP contribution >= 0.6 is 0 Å². The Hall–Kier alpha value is -0.380. The molecule has 0 spiro atoms. The Morgan fingerprint density at radius 1 is 1.44 bits per heavy atom. The summed E-state index contributed by atoms with van der Waals surface area (Å²) in [7, 11) is 1.85. The van der Waals surface area contributed by atoms with E-state index in [-0.39, 0.29) is 11.6 Å². The Balaban J connectivity index is 2.19. The van der Waals surface area contributed by atoms with Crippen molar-refractivity contribution in [3.63, 3.8) is 0 Å². The van der Waals surface area contributed by atoms with E-state index in [1.165, 1.54) is 44.1 Å². The molecule has 104 valence electrons. The Morgan fingerprint density at radius 2 is 2.28 bits per heavy atom. The highest BCUT2D eigenvalue weighted by Gasteiger charge is 2.43. The number of allylic oxidation sites excluding steroid dienone is 1. The summed E-state index contributed by atoms with van der Waals surface area (Å²) in [4.78, 5) is 0. The van der Waals surface area contributed by atoms with Gasteiger partial charge in [0.15, 0.2) is 0 Å². The SMILES string of the molecule is COC1(C(NN)C2=CCCCC2)CCCC(C)C1. The summed E-state index contributed by atoms with van der Waals surface area (Å²) < 4.78 is 5.97. The fraction of sp³-hybridized carbons (Fsp3) is 0.867. The monoisotopic (exact) mass is 252 g/mol. The van der Waals surface area contributed by atoms with E-state index in [1.54, 1.807) is 0 Å². The average Bonchev–Trinajstić information content (AvgIpc) is 2.41. The molecule has 0 aromatic rings. The predicted molar refractivity (Wildman–Crippen MR) is 75.0 cm³/mol. The zero-order valence-corrected chi connectivity index (χ0v) is 11.9. The van der Waals surface area contributed by atoms with Crippen molar-refractivity contribution in [2.24, 2.45) is 11.8 Å². The van der Waals surface area contributed by atoms with Crippen molar-refractivity contribution in [2.45, 2.75) is 69.9 Å². The van der Waals surface area contributed by atoms with Gasteiger partial charge >= 0.3 is 0 Å². The number of hydrazine groups is 1. The first kappa shape index (κ1) is 14.0. The van der Waals surface area contributed by atoms with Gasteiger partial charge in [-0.15, -0.1) is 0 Å². The van der Waals surface area contributed by atoms with Gasteiger partial charge in [0.2, 0.25) is 0 Å². The van der Waals surface area contributed by atoms with Crippen molar-refractivity contribution < 1.29 is 4.74 Å². The minimum atomic E-state index is -0.0877. The van der Waals surface area contributed by atoms with Crippen molar-refractivity contribution in [2.75, 3.05) is 7.11 Å². The molecule has 0 bridgehead atoms. The lowest BCUT2D eigenvalue weighted by Gasteiger charge is -2.45. The summed E-state index contributed by atoms with van der Waals surface area (Å²) in [6.07, 6.45) is 12.2. The zero-order chi connectivity index (χ0) is 13.0. The van der Waals surface area contributed by atoms with E-state index < -0.39 is 0 Å². The first-order valence-electron chi connectivity index (χ1n) is 7.42. The van der Waals surface area contributed by atoms with Crippen LogP contribution in [0, 0.1) is 5.92 Å². The number of methoxy groups -OCH3 is 1. The molecule has 2 aliphatic carbocycles. The van der Waals surface area contributed by atoms with Gasteiger partial charge in [-0.05, 0) is 44.4 Å². The molecule has 2 rings (SSSR count). The first-order valence-corrected chi connectivity index (χ1v) is 7.42. The molecule has 0 amide bonds. The van der Waals surface area contributed by atoms with E-state index in [2.05, 4.69) is 18.4 Å². The summed E-state index contributed by atoms with van der Waals surface area (Å²) in [5, 5.41) is 0. The van der Waals surface area contributed by atoms with Crippen LogP contribution in [-0.2, 0) is 4.74 Å². The molecule has 0 saturated heterocycles. The molecule has 1 fully saturated rings. The van der Waals surface area contributed by atoms with Gasteiger partial charge in [0.25, 0.3) is 0 Å². The van der Waals surface area contributed by atoms with E-state index in [9.17, 15) is 0 Å². The summed E-state index contributed by atoms with van der Waals surface area (Å²) >= 11 is 0. The third kappa shape index (κ3) is 2.79. The first-order chi connectivity index (χ1) is 8.72. The van der Waals surface area contributed by atoms with Crippen LogP contribution in [0.25, 0.3) is 0 Å². The number of hydrogen-bond acceptors (Lipinski definition) is 3. The highest BCUT2D eigenvalue weighted by Crippen LogP contribution is 2.40. The largest absolute Gasteiger partial charge is 0.376 e. The smallest absolute Gasteiger partial charge is 0.0884 e. The van der Waals surface area contributed by atoms with Crippen molar-refractivity contribution in [3.8, 4) is 0 Å². The fourth-order valence-corrected chi connectivity index (χ4v) is 3.83.